The maximum absolute atomic E-state index is 12.7. The molecule has 1 amide bonds. The van der Waals surface area contributed by atoms with Crippen LogP contribution in [0.2, 0.25) is 0 Å². The first kappa shape index (κ1) is 13.9. The Bertz CT molecular complexity index is 450. The molecule has 1 fully saturated rings. The molecule has 3 nitrogen and oxygen atoms in total. The van der Waals surface area contributed by atoms with Crippen molar-refractivity contribution in [3.8, 4) is 0 Å². The normalized spacial score (nSPS) is 16.3. The summed E-state index contributed by atoms with van der Waals surface area (Å²) in [6.07, 6.45) is 6.03. The number of hydrogen-bond donors (Lipinski definition) is 1. The second-order valence-corrected chi connectivity index (χ2v) is 5.47. The highest BCUT2D eigenvalue weighted by atomic mass is 16.2. The molecule has 0 heterocycles. The number of anilines is 1. The lowest BCUT2D eigenvalue weighted by Crippen LogP contribution is -2.41. The molecule has 1 aliphatic carbocycles. The van der Waals surface area contributed by atoms with Crippen molar-refractivity contribution < 1.29 is 4.79 Å². The van der Waals surface area contributed by atoms with Crippen molar-refractivity contribution in [1.29, 1.82) is 0 Å². The van der Waals surface area contributed by atoms with E-state index in [9.17, 15) is 4.79 Å². The summed E-state index contributed by atoms with van der Waals surface area (Å²) in [4.78, 5) is 14.7. The van der Waals surface area contributed by atoms with E-state index >= 15 is 0 Å². The van der Waals surface area contributed by atoms with Gasteiger partial charge in [-0.05, 0) is 44.4 Å². The number of amides is 1. The molecule has 0 unspecified atom stereocenters. The van der Waals surface area contributed by atoms with Gasteiger partial charge in [0.25, 0.3) is 5.91 Å². The van der Waals surface area contributed by atoms with Crippen LogP contribution in [-0.4, -0.2) is 23.4 Å². The van der Waals surface area contributed by atoms with Gasteiger partial charge in [-0.3, -0.25) is 4.79 Å². The summed E-state index contributed by atoms with van der Waals surface area (Å²) in [6, 6.07) is 6.09. The molecular formula is C16H24N2O. The second-order valence-electron chi connectivity index (χ2n) is 5.47. The number of carbonyl (C=O) groups is 1. The summed E-state index contributed by atoms with van der Waals surface area (Å²) < 4.78 is 0. The minimum absolute atomic E-state index is 0.0897. The van der Waals surface area contributed by atoms with Crippen LogP contribution >= 0.6 is 0 Å². The molecule has 19 heavy (non-hydrogen) atoms. The first-order valence-corrected chi connectivity index (χ1v) is 7.30. The fourth-order valence-electron chi connectivity index (χ4n) is 2.99. The SMILES string of the molecule is CCN(C(=O)c1ccc(C)cc1N)C1CCCCC1. The highest BCUT2D eigenvalue weighted by Gasteiger charge is 2.25. The molecular weight excluding hydrogens is 236 g/mol. The third kappa shape index (κ3) is 3.09. The zero-order chi connectivity index (χ0) is 13.8. The topological polar surface area (TPSA) is 46.3 Å². The molecule has 1 aromatic rings. The van der Waals surface area contributed by atoms with Crippen molar-refractivity contribution in [2.24, 2.45) is 0 Å². The predicted octanol–water partition coefficient (Wildman–Crippen LogP) is 3.37. The summed E-state index contributed by atoms with van der Waals surface area (Å²) in [7, 11) is 0. The summed E-state index contributed by atoms with van der Waals surface area (Å²) in [5.41, 5.74) is 8.34. The molecule has 0 radical (unpaired) electrons. The Kier molecular flexibility index (Phi) is 4.46. The molecule has 1 saturated carbocycles. The first-order valence-electron chi connectivity index (χ1n) is 7.30. The van der Waals surface area contributed by atoms with Crippen LogP contribution in [0.1, 0.15) is 54.9 Å². The Balaban J connectivity index is 2.19. The number of carbonyl (C=O) groups excluding carboxylic acids is 1. The Morgan fingerprint density at radius 1 is 1.32 bits per heavy atom. The average molecular weight is 260 g/mol. The minimum atomic E-state index is 0.0897. The van der Waals surface area contributed by atoms with Gasteiger partial charge < -0.3 is 10.6 Å². The average Bonchev–Trinajstić information content (AvgIpc) is 2.40. The number of nitrogens with zero attached hydrogens (tertiary/aromatic N) is 1. The summed E-state index contributed by atoms with van der Waals surface area (Å²) in [5, 5.41) is 0. The van der Waals surface area contributed by atoms with Crippen LogP contribution in [0, 0.1) is 6.92 Å². The van der Waals surface area contributed by atoms with Crippen LogP contribution in [0.4, 0.5) is 5.69 Å². The summed E-state index contributed by atoms with van der Waals surface area (Å²) in [6.45, 7) is 4.80. The molecule has 0 atom stereocenters. The third-order valence-electron chi connectivity index (χ3n) is 4.05. The zero-order valence-electron chi connectivity index (χ0n) is 12.0. The Labute approximate surface area is 115 Å². The molecule has 0 spiro atoms. The van der Waals surface area contributed by atoms with Gasteiger partial charge in [0, 0.05) is 18.3 Å². The number of hydrogen-bond acceptors (Lipinski definition) is 2. The Morgan fingerprint density at radius 2 is 2.00 bits per heavy atom. The molecule has 0 aliphatic heterocycles. The van der Waals surface area contributed by atoms with Crippen LogP contribution in [0.3, 0.4) is 0 Å². The maximum atomic E-state index is 12.7. The molecule has 0 aromatic heterocycles. The van der Waals surface area contributed by atoms with Gasteiger partial charge >= 0.3 is 0 Å². The largest absolute Gasteiger partial charge is 0.398 e. The predicted molar refractivity (Wildman–Crippen MR) is 79.2 cm³/mol. The highest BCUT2D eigenvalue weighted by Crippen LogP contribution is 2.25. The lowest BCUT2D eigenvalue weighted by Gasteiger charge is -2.34. The van der Waals surface area contributed by atoms with Crippen LogP contribution in [0.5, 0.6) is 0 Å². The smallest absolute Gasteiger partial charge is 0.256 e. The monoisotopic (exact) mass is 260 g/mol. The van der Waals surface area contributed by atoms with Gasteiger partial charge in [0.05, 0.1) is 5.56 Å². The van der Waals surface area contributed by atoms with Crippen molar-refractivity contribution in [2.45, 2.75) is 52.0 Å². The van der Waals surface area contributed by atoms with E-state index in [2.05, 4.69) is 6.92 Å². The van der Waals surface area contributed by atoms with Gasteiger partial charge in [-0.25, -0.2) is 0 Å². The van der Waals surface area contributed by atoms with E-state index in [1.165, 1.54) is 19.3 Å². The van der Waals surface area contributed by atoms with Crippen molar-refractivity contribution in [1.82, 2.24) is 4.90 Å². The lowest BCUT2D eigenvalue weighted by atomic mass is 9.93. The first-order chi connectivity index (χ1) is 9.13. The quantitative estimate of drug-likeness (QED) is 0.847. The van der Waals surface area contributed by atoms with Gasteiger partial charge in [0.2, 0.25) is 0 Å². The number of rotatable bonds is 3. The number of nitrogens with two attached hydrogens (primary N) is 1. The van der Waals surface area contributed by atoms with Crippen LogP contribution < -0.4 is 5.73 Å². The van der Waals surface area contributed by atoms with Crippen molar-refractivity contribution >= 4 is 11.6 Å². The molecule has 1 aliphatic rings. The summed E-state index contributed by atoms with van der Waals surface area (Å²) >= 11 is 0. The number of aryl methyl sites for hydroxylation is 1. The van der Waals surface area contributed by atoms with Crippen molar-refractivity contribution in [2.75, 3.05) is 12.3 Å². The zero-order valence-corrected chi connectivity index (χ0v) is 12.0. The van der Waals surface area contributed by atoms with Gasteiger partial charge in [0.15, 0.2) is 0 Å². The van der Waals surface area contributed by atoms with E-state index in [0.717, 1.165) is 24.9 Å². The number of benzene rings is 1. The van der Waals surface area contributed by atoms with E-state index in [1.54, 1.807) is 0 Å². The fourth-order valence-corrected chi connectivity index (χ4v) is 2.99. The van der Waals surface area contributed by atoms with E-state index < -0.39 is 0 Å². The molecule has 0 bridgehead atoms. The number of nitrogen functional groups attached to an aromatic ring is 1. The van der Waals surface area contributed by atoms with Gasteiger partial charge in [0.1, 0.15) is 0 Å². The van der Waals surface area contributed by atoms with Gasteiger partial charge in [-0.2, -0.15) is 0 Å². The maximum Gasteiger partial charge on any atom is 0.256 e. The molecule has 2 N–H and O–H groups in total. The Morgan fingerprint density at radius 3 is 2.58 bits per heavy atom. The molecule has 3 heteroatoms. The van der Waals surface area contributed by atoms with Crippen LogP contribution in [0.15, 0.2) is 18.2 Å². The van der Waals surface area contributed by atoms with Crippen LogP contribution in [-0.2, 0) is 0 Å². The highest BCUT2D eigenvalue weighted by molar-refractivity contribution is 5.99. The second kappa shape index (κ2) is 6.09. The van der Waals surface area contributed by atoms with Crippen molar-refractivity contribution in [3.05, 3.63) is 29.3 Å². The standard InChI is InChI=1S/C16H24N2O/c1-3-18(13-7-5-4-6-8-13)16(19)14-10-9-12(2)11-15(14)17/h9-11,13H,3-8,17H2,1-2H3. The summed E-state index contributed by atoms with van der Waals surface area (Å²) in [5.74, 6) is 0.0897. The fraction of sp³-hybridized carbons (Fsp3) is 0.562. The molecule has 2 rings (SSSR count). The molecule has 104 valence electrons. The van der Waals surface area contributed by atoms with Crippen LogP contribution in [0.25, 0.3) is 0 Å². The molecule has 1 aromatic carbocycles. The van der Waals surface area contributed by atoms with Gasteiger partial charge in [-0.15, -0.1) is 0 Å². The van der Waals surface area contributed by atoms with E-state index in [-0.39, 0.29) is 5.91 Å². The van der Waals surface area contributed by atoms with Crippen molar-refractivity contribution in [3.63, 3.8) is 0 Å². The van der Waals surface area contributed by atoms with E-state index in [1.807, 2.05) is 30.0 Å². The third-order valence-corrected chi connectivity index (χ3v) is 4.05. The molecule has 0 saturated heterocycles. The van der Waals surface area contributed by atoms with Gasteiger partial charge in [-0.1, -0.05) is 25.3 Å². The van der Waals surface area contributed by atoms with E-state index in [0.29, 0.717) is 17.3 Å². The minimum Gasteiger partial charge on any atom is -0.398 e. The van der Waals surface area contributed by atoms with E-state index in [4.69, 9.17) is 5.73 Å². The lowest BCUT2D eigenvalue weighted by molar-refractivity contribution is 0.0649. The Hall–Kier alpha value is -1.51.